The molecular formula is C14H17BrFNO2S. The van der Waals surface area contributed by atoms with Crippen molar-refractivity contribution in [2.45, 2.75) is 37.5 Å². The van der Waals surface area contributed by atoms with E-state index in [0.29, 0.717) is 10.9 Å². The van der Waals surface area contributed by atoms with Crippen LogP contribution in [0.4, 0.5) is 10.1 Å². The lowest BCUT2D eigenvalue weighted by atomic mass is 10.1. The molecule has 0 amide bonds. The van der Waals surface area contributed by atoms with Gasteiger partial charge in [-0.25, -0.2) is 9.18 Å². The number of rotatable bonds is 5. The van der Waals surface area contributed by atoms with E-state index in [1.807, 2.05) is 11.8 Å². The number of halogens is 2. The van der Waals surface area contributed by atoms with Crippen molar-refractivity contribution < 1.29 is 14.3 Å². The highest BCUT2D eigenvalue weighted by molar-refractivity contribution is 9.10. The molecule has 1 aliphatic rings. The Hall–Kier alpha value is -0.750. The smallest absolute Gasteiger partial charge is 0.336 e. The molecule has 0 bridgehead atoms. The molecule has 1 aliphatic carbocycles. The van der Waals surface area contributed by atoms with Gasteiger partial charge in [-0.2, -0.15) is 11.8 Å². The summed E-state index contributed by atoms with van der Waals surface area (Å²) < 4.78 is 14.2. The Morgan fingerprint density at radius 1 is 1.55 bits per heavy atom. The second-order valence-corrected chi connectivity index (χ2v) is 7.08. The number of carboxylic acid groups (broad SMARTS) is 1. The minimum atomic E-state index is -1.14. The van der Waals surface area contributed by atoms with Crippen LogP contribution in [0.25, 0.3) is 0 Å². The first kappa shape index (κ1) is 15.6. The predicted molar refractivity (Wildman–Crippen MR) is 84.2 cm³/mol. The molecule has 2 atom stereocenters. The third kappa shape index (κ3) is 3.28. The van der Waals surface area contributed by atoms with Crippen molar-refractivity contribution in [1.29, 1.82) is 0 Å². The van der Waals surface area contributed by atoms with E-state index in [1.54, 1.807) is 0 Å². The van der Waals surface area contributed by atoms with Crippen molar-refractivity contribution in [3.05, 3.63) is 28.0 Å². The zero-order chi connectivity index (χ0) is 14.7. The minimum absolute atomic E-state index is 0.00712. The van der Waals surface area contributed by atoms with Crippen LogP contribution in [0.2, 0.25) is 0 Å². The molecule has 0 spiro atoms. The fourth-order valence-electron chi connectivity index (χ4n) is 2.53. The lowest BCUT2D eigenvalue weighted by Gasteiger charge is -2.22. The van der Waals surface area contributed by atoms with Crippen LogP contribution >= 0.6 is 27.7 Å². The van der Waals surface area contributed by atoms with Gasteiger partial charge >= 0.3 is 5.97 Å². The summed E-state index contributed by atoms with van der Waals surface area (Å²) >= 11 is 4.92. The van der Waals surface area contributed by atoms with Gasteiger partial charge in [0.2, 0.25) is 0 Å². The molecule has 6 heteroatoms. The molecule has 0 heterocycles. The Morgan fingerprint density at radius 2 is 2.30 bits per heavy atom. The number of nitrogens with one attached hydrogen (secondary N) is 1. The molecule has 0 saturated heterocycles. The first-order chi connectivity index (χ1) is 9.54. The third-order valence-corrected chi connectivity index (χ3v) is 5.59. The zero-order valence-corrected chi connectivity index (χ0v) is 13.6. The summed E-state index contributed by atoms with van der Waals surface area (Å²) in [6.07, 6.45) is 3.31. The van der Waals surface area contributed by atoms with Gasteiger partial charge in [0.25, 0.3) is 0 Å². The molecule has 0 aromatic heterocycles. The second kappa shape index (κ2) is 6.80. The van der Waals surface area contributed by atoms with Crippen LogP contribution in [0.5, 0.6) is 0 Å². The number of carboxylic acids is 1. The fraction of sp³-hybridized carbons (Fsp3) is 0.500. The summed E-state index contributed by atoms with van der Waals surface area (Å²) in [5.74, 6) is -0.618. The van der Waals surface area contributed by atoms with Gasteiger partial charge in [0.05, 0.1) is 15.7 Å². The minimum Gasteiger partial charge on any atom is -0.478 e. The predicted octanol–water partition coefficient (Wildman–Crippen LogP) is 4.37. The molecule has 2 N–H and O–H groups in total. The van der Waals surface area contributed by atoms with Gasteiger partial charge in [0, 0.05) is 11.3 Å². The highest BCUT2D eigenvalue weighted by Gasteiger charge is 2.28. The molecule has 3 nitrogen and oxygen atoms in total. The van der Waals surface area contributed by atoms with E-state index in [1.165, 1.54) is 12.1 Å². The Bertz CT molecular complexity index is 512. The van der Waals surface area contributed by atoms with Gasteiger partial charge in [0.15, 0.2) is 5.82 Å². The maximum Gasteiger partial charge on any atom is 0.336 e. The molecule has 1 saturated carbocycles. The Kier molecular flexibility index (Phi) is 5.32. The van der Waals surface area contributed by atoms with Gasteiger partial charge < -0.3 is 10.4 Å². The molecule has 0 aliphatic heterocycles. The molecule has 1 aromatic carbocycles. The molecule has 2 unspecified atom stereocenters. The van der Waals surface area contributed by atoms with E-state index in [0.717, 1.165) is 25.0 Å². The standard InChI is InChI=1S/C14H17BrFNO2S/c1-2-20-11-5-3-4-9(11)17-10-7-6-8(14(18)19)12(15)13(10)16/h6-7,9,11,17H,2-5H2,1H3,(H,18,19). The van der Waals surface area contributed by atoms with E-state index in [-0.39, 0.29) is 16.1 Å². The first-order valence-corrected chi connectivity index (χ1v) is 8.48. The number of benzene rings is 1. The van der Waals surface area contributed by atoms with Crippen molar-refractivity contribution in [3.63, 3.8) is 0 Å². The van der Waals surface area contributed by atoms with Gasteiger partial charge in [-0.1, -0.05) is 13.3 Å². The van der Waals surface area contributed by atoms with E-state index >= 15 is 0 Å². The van der Waals surface area contributed by atoms with Crippen LogP contribution in [0.3, 0.4) is 0 Å². The summed E-state index contributed by atoms with van der Waals surface area (Å²) in [4.78, 5) is 10.9. The lowest BCUT2D eigenvalue weighted by molar-refractivity contribution is 0.0695. The summed E-state index contributed by atoms with van der Waals surface area (Å²) in [5, 5.41) is 12.7. The first-order valence-electron chi connectivity index (χ1n) is 6.64. The van der Waals surface area contributed by atoms with Crippen LogP contribution in [-0.2, 0) is 0 Å². The van der Waals surface area contributed by atoms with Gasteiger partial charge in [-0.05, 0) is 46.7 Å². The molecule has 0 radical (unpaired) electrons. The van der Waals surface area contributed by atoms with E-state index in [9.17, 15) is 9.18 Å². The van der Waals surface area contributed by atoms with Crippen LogP contribution in [0.1, 0.15) is 36.5 Å². The number of carbonyl (C=O) groups is 1. The molecule has 1 fully saturated rings. The largest absolute Gasteiger partial charge is 0.478 e. The third-order valence-electron chi connectivity index (χ3n) is 3.49. The number of hydrogen-bond donors (Lipinski definition) is 2. The highest BCUT2D eigenvalue weighted by Crippen LogP contribution is 2.34. The summed E-state index contributed by atoms with van der Waals surface area (Å²) in [5.41, 5.74) is 0.314. The summed E-state index contributed by atoms with van der Waals surface area (Å²) in [6, 6.07) is 3.18. The van der Waals surface area contributed by atoms with Crippen molar-refractivity contribution in [3.8, 4) is 0 Å². The second-order valence-electron chi connectivity index (χ2n) is 4.77. The van der Waals surface area contributed by atoms with Crippen molar-refractivity contribution in [2.24, 2.45) is 0 Å². The number of anilines is 1. The molecule has 110 valence electrons. The van der Waals surface area contributed by atoms with Gasteiger partial charge in [-0.3, -0.25) is 0 Å². The molecule has 1 aromatic rings. The molecular weight excluding hydrogens is 345 g/mol. The van der Waals surface area contributed by atoms with Crippen molar-refractivity contribution in [1.82, 2.24) is 0 Å². The fourth-order valence-corrected chi connectivity index (χ4v) is 4.24. The van der Waals surface area contributed by atoms with Gasteiger partial charge in [0.1, 0.15) is 0 Å². The summed E-state index contributed by atoms with van der Waals surface area (Å²) in [6.45, 7) is 2.12. The van der Waals surface area contributed by atoms with E-state index in [4.69, 9.17) is 5.11 Å². The topological polar surface area (TPSA) is 49.3 Å². The Labute approximate surface area is 130 Å². The van der Waals surface area contributed by atoms with E-state index < -0.39 is 11.8 Å². The maximum atomic E-state index is 14.2. The number of aromatic carboxylic acids is 1. The normalized spacial score (nSPS) is 21.9. The number of thioether (sulfide) groups is 1. The van der Waals surface area contributed by atoms with Crippen molar-refractivity contribution >= 4 is 39.3 Å². The molecule has 20 heavy (non-hydrogen) atoms. The monoisotopic (exact) mass is 361 g/mol. The quantitative estimate of drug-likeness (QED) is 0.817. The van der Waals surface area contributed by atoms with Crippen LogP contribution in [-0.4, -0.2) is 28.1 Å². The SMILES string of the molecule is CCSC1CCCC1Nc1ccc(C(=O)O)c(Br)c1F. The highest BCUT2D eigenvalue weighted by atomic mass is 79.9. The average Bonchev–Trinajstić information content (AvgIpc) is 2.83. The van der Waals surface area contributed by atoms with Crippen LogP contribution in [0, 0.1) is 5.82 Å². The van der Waals surface area contributed by atoms with Crippen LogP contribution in [0.15, 0.2) is 16.6 Å². The number of hydrogen-bond acceptors (Lipinski definition) is 3. The van der Waals surface area contributed by atoms with Crippen molar-refractivity contribution in [2.75, 3.05) is 11.1 Å². The summed E-state index contributed by atoms with van der Waals surface area (Å²) in [7, 11) is 0. The Morgan fingerprint density at radius 3 is 2.95 bits per heavy atom. The van der Waals surface area contributed by atoms with Gasteiger partial charge in [-0.15, -0.1) is 0 Å². The maximum absolute atomic E-state index is 14.2. The lowest BCUT2D eigenvalue weighted by Crippen LogP contribution is -2.26. The Balaban J connectivity index is 2.18. The van der Waals surface area contributed by atoms with Crippen LogP contribution < -0.4 is 5.32 Å². The molecule has 2 rings (SSSR count). The zero-order valence-electron chi connectivity index (χ0n) is 11.2. The average molecular weight is 362 g/mol. The van der Waals surface area contributed by atoms with E-state index in [2.05, 4.69) is 28.2 Å².